The van der Waals surface area contributed by atoms with Crippen LogP contribution < -0.4 is 0 Å². The summed E-state index contributed by atoms with van der Waals surface area (Å²) in [4.78, 5) is 11.5. The van der Waals surface area contributed by atoms with Crippen molar-refractivity contribution in [1.82, 2.24) is 0 Å². The van der Waals surface area contributed by atoms with E-state index in [4.69, 9.17) is 0 Å². The van der Waals surface area contributed by atoms with Gasteiger partial charge in [-0.15, -0.1) is 0 Å². The molecule has 72 valence electrons. The second-order valence-corrected chi connectivity index (χ2v) is 4.67. The summed E-state index contributed by atoms with van der Waals surface area (Å²) in [5.41, 5.74) is 2.48. The summed E-state index contributed by atoms with van der Waals surface area (Å²) in [5.74, 6) is 0.604. The quantitative estimate of drug-likeness (QED) is 0.726. The number of ketones is 1. The van der Waals surface area contributed by atoms with Crippen molar-refractivity contribution in [3.8, 4) is 0 Å². The zero-order chi connectivity index (χ0) is 10.1. The third-order valence-corrected chi connectivity index (χ3v) is 4.16. The van der Waals surface area contributed by atoms with Gasteiger partial charge in [-0.2, -0.15) is 0 Å². The molecule has 0 saturated heterocycles. The van der Waals surface area contributed by atoms with Crippen LogP contribution in [0.3, 0.4) is 0 Å². The molecule has 1 atom stereocenters. The molecular formula is C12H11IO. The molecule has 0 amide bonds. The summed E-state index contributed by atoms with van der Waals surface area (Å²) in [6.45, 7) is 2.06. The van der Waals surface area contributed by atoms with Crippen molar-refractivity contribution in [3.05, 3.63) is 45.0 Å². The van der Waals surface area contributed by atoms with E-state index in [1.807, 2.05) is 18.2 Å². The van der Waals surface area contributed by atoms with Crippen LogP contribution in [0, 0.1) is 0 Å². The van der Waals surface area contributed by atoms with Gasteiger partial charge in [0.15, 0.2) is 5.78 Å². The molecule has 0 spiro atoms. The molecule has 0 N–H and O–H groups in total. The minimum atomic E-state index is 0.289. The average molecular weight is 298 g/mol. The Morgan fingerprint density at radius 2 is 1.93 bits per heavy atom. The maximum atomic E-state index is 11.5. The van der Waals surface area contributed by atoms with Crippen LogP contribution in [0.4, 0.5) is 0 Å². The lowest BCUT2D eigenvalue weighted by Crippen LogP contribution is -1.97. The molecule has 1 nitrogen and oxygen atoms in total. The van der Waals surface area contributed by atoms with Gasteiger partial charge in [0.1, 0.15) is 0 Å². The van der Waals surface area contributed by atoms with Crippen LogP contribution in [-0.2, 0) is 4.79 Å². The van der Waals surface area contributed by atoms with Crippen molar-refractivity contribution >= 4 is 28.4 Å². The first-order valence-electron chi connectivity index (χ1n) is 4.64. The zero-order valence-electron chi connectivity index (χ0n) is 7.96. The van der Waals surface area contributed by atoms with Crippen molar-refractivity contribution < 1.29 is 4.79 Å². The summed E-state index contributed by atoms with van der Waals surface area (Å²) in [6.07, 6.45) is 0.647. The normalized spacial score (nSPS) is 21.9. The molecule has 2 rings (SSSR count). The lowest BCUT2D eigenvalue weighted by Gasteiger charge is -2.10. The molecule has 0 heterocycles. The molecule has 1 aliphatic rings. The predicted molar refractivity (Wildman–Crippen MR) is 65.5 cm³/mol. The van der Waals surface area contributed by atoms with Crippen LogP contribution in [0.15, 0.2) is 39.5 Å². The molecule has 0 bridgehead atoms. The van der Waals surface area contributed by atoms with Crippen LogP contribution >= 0.6 is 22.6 Å². The standard InChI is InChI=1S/C12H11IO/c1-8-10(7-11(14)12(8)13)9-5-3-2-4-6-9/h2-6,10H,7H2,1H3/t10-/m0/s1. The van der Waals surface area contributed by atoms with Gasteiger partial charge < -0.3 is 0 Å². The number of allylic oxidation sites excluding steroid dienone is 2. The van der Waals surface area contributed by atoms with Crippen molar-refractivity contribution in [2.24, 2.45) is 0 Å². The number of rotatable bonds is 1. The van der Waals surface area contributed by atoms with E-state index in [2.05, 4.69) is 41.6 Å². The van der Waals surface area contributed by atoms with Gasteiger partial charge in [-0.1, -0.05) is 30.3 Å². The third-order valence-electron chi connectivity index (χ3n) is 2.71. The van der Waals surface area contributed by atoms with Gasteiger partial charge in [0.2, 0.25) is 0 Å². The van der Waals surface area contributed by atoms with Crippen LogP contribution in [0.5, 0.6) is 0 Å². The fraction of sp³-hybridized carbons (Fsp3) is 0.250. The molecule has 1 aromatic carbocycles. The molecular weight excluding hydrogens is 287 g/mol. The van der Waals surface area contributed by atoms with Crippen molar-refractivity contribution in [3.63, 3.8) is 0 Å². The second-order valence-electron chi connectivity index (χ2n) is 3.59. The third kappa shape index (κ3) is 1.63. The van der Waals surface area contributed by atoms with Gasteiger partial charge in [-0.3, -0.25) is 4.79 Å². The Balaban J connectivity index is 2.36. The maximum absolute atomic E-state index is 11.5. The minimum absolute atomic E-state index is 0.289. The predicted octanol–water partition coefficient (Wildman–Crippen LogP) is 3.45. The van der Waals surface area contributed by atoms with Crippen LogP contribution in [0.25, 0.3) is 0 Å². The monoisotopic (exact) mass is 298 g/mol. The van der Waals surface area contributed by atoms with E-state index in [0.29, 0.717) is 12.3 Å². The second kappa shape index (κ2) is 3.85. The molecule has 1 aliphatic carbocycles. The van der Waals surface area contributed by atoms with Gasteiger partial charge in [0, 0.05) is 12.3 Å². The van der Waals surface area contributed by atoms with Gasteiger partial charge in [-0.05, 0) is 40.7 Å². The number of halogens is 1. The van der Waals surface area contributed by atoms with E-state index in [1.54, 1.807) is 0 Å². The Morgan fingerprint density at radius 1 is 1.29 bits per heavy atom. The summed E-state index contributed by atoms with van der Waals surface area (Å²) < 4.78 is 0.927. The Labute approximate surface area is 97.3 Å². The fourth-order valence-corrected chi connectivity index (χ4v) is 2.45. The Bertz CT molecular complexity index is 392. The Morgan fingerprint density at radius 3 is 2.43 bits per heavy atom. The molecule has 0 radical (unpaired) electrons. The first-order valence-corrected chi connectivity index (χ1v) is 5.72. The van der Waals surface area contributed by atoms with Crippen LogP contribution in [0.1, 0.15) is 24.8 Å². The van der Waals surface area contributed by atoms with Crippen molar-refractivity contribution in [2.45, 2.75) is 19.3 Å². The van der Waals surface area contributed by atoms with E-state index in [0.717, 1.165) is 3.58 Å². The molecule has 0 unspecified atom stereocenters. The lowest BCUT2D eigenvalue weighted by molar-refractivity contribution is -0.114. The highest BCUT2D eigenvalue weighted by Crippen LogP contribution is 2.39. The van der Waals surface area contributed by atoms with E-state index < -0.39 is 0 Å². The Kier molecular flexibility index (Phi) is 2.72. The van der Waals surface area contributed by atoms with Gasteiger partial charge in [-0.25, -0.2) is 0 Å². The smallest absolute Gasteiger partial charge is 0.169 e. The highest BCUT2D eigenvalue weighted by molar-refractivity contribution is 14.1. The maximum Gasteiger partial charge on any atom is 0.169 e. The number of hydrogen-bond acceptors (Lipinski definition) is 1. The molecule has 0 fully saturated rings. The summed E-state index contributed by atoms with van der Waals surface area (Å²) in [7, 11) is 0. The first kappa shape index (κ1) is 9.90. The highest BCUT2D eigenvalue weighted by Gasteiger charge is 2.28. The molecule has 14 heavy (non-hydrogen) atoms. The number of Topliss-reactive ketones (excluding diaryl/α,β-unsaturated/α-hetero) is 1. The molecule has 0 aliphatic heterocycles. The van der Waals surface area contributed by atoms with Gasteiger partial charge in [0.25, 0.3) is 0 Å². The molecule has 1 aromatic rings. The number of hydrogen-bond donors (Lipinski definition) is 0. The highest BCUT2D eigenvalue weighted by atomic mass is 127. The SMILES string of the molecule is CC1=C(I)C(=O)C[C@@H]1c1ccccc1. The van der Waals surface area contributed by atoms with Crippen molar-refractivity contribution in [2.75, 3.05) is 0 Å². The summed E-state index contributed by atoms with van der Waals surface area (Å²) >= 11 is 2.16. The van der Waals surface area contributed by atoms with E-state index in [1.165, 1.54) is 11.1 Å². The minimum Gasteiger partial charge on any atom is -0.294 e. The zero-order valence-corrected chi connectivity index (χ0v) is 10.1. The average Bonchev–Trinajstić information content (AvgIpc) is 2.47. The summed E-state index contributed by atoms with van der Waals surface area (Å²) in [5, 5.41) is 0. The van der Waals surface area contributed by atoms with E-state index in [9.17, 15) is 4.79 Å². The van der Waals surface area contributed by atoms with E-state index >= 15 is 0 Å². The number of benzene rings is 1. The van der Waals surface area contributed by atoms with Crippen LogP contribution in [-0.4, -0.2) is 5.78 Å². The largest absolute Gasteiger partial charge is 0.294 e. The Hall–Kier alpha value is -0.640. The molecule has 0 aromatic heterocycles. The number of carbonyl (C=O) groups excluding carboxylic acids is 1. The first-order chi connectivity index (χ1) is 6.70. The summed E-state index contributed by atoms with van der Waals surface area (Å²) in [6, 6.07) is 10.2. The van der Waals surface area contributed by atoms with Crippen molar-refractivity contribution in [1.29, 1.82) is 0 Å². The van der Waals surface area contributed by atoms with E-state index in [-0.39, 0.29) is 5.78 Å². The lowest BCUT2D eigenvalue weighted by atomic mass is 9.94. The topological polar surface area (TPSA) is 17.1 Å². The number of carbonyl (C=O) groups is 1. The molecule has 2 heteroatoms. The van der Waals surface area contributed by atoms with Gasteiger partial charge >= 0.3 is 0 Å². The molecule has 0 saturated carbocycles. The van der Waals surface area contributed by atoms with Crippen LogP contribution in [0.2, 0.25) is 0 Å². The van der Waals surface area contributed by atoms with Gasteiger partial charge in [0.05, 0.1) is 3.58 Å². The fourth-order valence-electron chi connectivity index (χ4n) is 1.85.